The predicted octanol–water partition coefficient (Wildman–Crippen LogP) is 0.909. The first-order valence-electron chi connectivity index (χ1n) is 6.25. The van der Waals surface area contributed by atoms with Gasteiger partial charge in [-0.1, -0.05) is 0 Å². The summed E-state index contributed by atoms with van der Waals surface area (Å²) in [7, 11) is -2.97. The molecule has 19 heavy (non-hydrogen) atoms. The van der Waals surface area contributed by atoms with Crippen molar-refractivity contribution in [2.75, 3.05) is 36.2 Å². The number of nitrogens with zero attached hydrogens (tertiary/aromatic N) is 1. The van der Waals surface area contributed by atoms with Crippen LogP contribution >= 0.6 is 0 Å². The van der Waals surface area contributed by atoms with Crippen molar-refractivity contribution < 1.29 is 13.2 Å². The quantitative estimate of drug-likeness (QED) is 0.773. The van der Waals surface area contributed by atoms with Crippen LogP contribution in [0, 0.1) is 5.92 Å². The lowest BCUT2D eigenvalue weighted by atomic mass is 10.4. The van der Waals surface area contributed by atoms with Gasteiger partial charge in [-0.05, 0) is 30.9 Å². The summed E-state index contributed by atoms with van der Waals surface area (Å²) in [6.45, 7) is 0.960. The van der Waals surface area contributed by atoms with Crippen LogP contribution in [-0.2, 0) is 9.84 Å². The van der Waals surface area contributed by atoms with E-state index in [4.69, 9.17) is 10.5 Å². The van der Waals surface area contributed by atoms with Gasteiger partial charge in [-0.15, -0.1) is 0 Å². The molecule has 7 heteroatoms. The van der Waals surface area contributed by atoms with Gasteiger partial charge in [0.15, 0.2) is 0 Å². The van der Waals surface area contributed by atoms with Crippen LogP contribution in [0.1, 0.15) is 12.8 Å². The number of sulfone groups is 1. The summed E-state index contributed by atoms with van der Waals surface area (Å²) in [4.78, 5) is 4.24. The number of aromatic nitrogens is 1. The lowest BCUT2D eigenvalue weighted by Gasteiger charge is -2.10. The summed E-state index contributed by atoms with van der Waals surface area (Å²) in [5.41, 5.74) is 6.28. The number of nitrogens with two attached hydrogens (primary N) is 1. The Kier molecular flexibility index (Phi) is 4.14. The van der Waals surface area contributed by atoms with E-state index in [0.717, 1.165) is 0 Å². The van der Waals surface area contributed by atoms with Crippen molar-refractivity contribution in [2.24, 2.45) is 5.92 Å². The van der Waals surface area contributed by atoms with Gasteiger partial charge in [0.25, 0.3) is 0 Å². The fourth-order valence-corrected chi connectivity index (χ4v) is 1.98. The van der Waals surface area contributed by atoms with Crippen LogP contribution in [0.5, 0.6) is 5.88 Å². The lowest BCUT2D eigenvalue weighted by molar-refractivity contribution is 0.290. The molecule has 3 N–H and O–H groups in total. The second-order valence-corrected chi connectivity index (χ2v) is 7.16. The van der Waals surface area contributed by atoms with Crippen molar-refractivity contribution in [3.63, 3.8) is 0 Å². The van der Waals surface area contributed by atoms with Gasteiger partial charge in [0.1, 0.15) is 15.7 Å². The highest BCUT2D eigenvalue weighted by Crippen LogP contribution is 2.30. The van der Waals surface area contributed by atoms with Crippen LogP contribution < -0.4 is 15.8 Å². The minimum Gasteiger partial charge on any atom is -0.476 e. The number of nitrogens with one attached hydrogen (secondary N) is 1. The van der Waals surface area contributed by atoms with Gasteiger partial charge in [-0.3, -0.25) is 0 Å². The molecule has 0 atom stereocenters. The number of ether oxygens (including phenoxy) is 1. The molecule has 0 bridgehead atoms. The first kappa shape index (κ1) is 13.9. The maximum atomic E-state index is 11.0. The van der Waals surface area contributed by atoms with Crippen LogP contribution in [0.2, 0.25) is 0 Å². The summed E-state index contributed by atoms with van der Waals surface area (Å²) < 4.78 is 27.6. The van der Waals surface area contributed by atoms with E-state index in [0.29, 0.717) is 36.5 Å². The molecule has 0 saturated heterocycles. The van der Waals surface area contributed by atoms with Gasteiger partial charge in [0, 0.05) is 12.8 Å². The Labute approximate surface area is 113 Å². The highest BCUT2D eigenvalue weighted by molar-refractivity contribution is 7.90. The van der Waals surface area contributed by atoms with Crippen LogP contribution in [0.4, 0.5) is 11.5 Å². The Morgan fingerprint density at radius 1 is 1.47 bits per heavy atom. The van der Waals surface area contributed by atoms with Crippen molar-refractivity contribution in [3.8, 4) is 5.88 Å². The summed E-state index contributed by atoms with van der Waals surface area (Å²) in [6, 6.07) is 3.42. The van der Waals surface area contributed by atoms with Crippen LogP contribution in [0.3, 0.4) is 0 Å². The molecule has 1 saturated carbocycles. The molecular formula is C12H19N3O3S. The molecular weight excluding hydrogens is 266 g/mol. The fourth-order valence-electron chi connectivity index (χ4n) is 1.51. The van der Waals surface area contributed by atoms with Crippen molar-refractivity contribution in [2.45, 2.75) is 12.8 Å². The van der Waals surface area contributed by atoms with E-state index in [1.807, 2.05) is 0 Å². The minimum atomic E-state index is -2.97. The summed E-state index contributed by atoms with van der Waals surface area (Å²) in [5, 5.41) is 2.95. The predicted molar refractivity (Wildman–Crippen MR) is 75.1 cm³/mol. The maximum absolute atomic E-state index is 11.0. The maximum Gasteiger partial charge on any atom is 0.239 e. The van der Waals surface area contributed by atoms with E-state index in [2.05, 4.69) is 10.3 Å². The zero-order valence-electron chi connectivity index (χ0n) is 10.9. The SMILES string of the molecule is CS(=O)(=O)CCNc1ccc(N)c(OCC2CC2)n1. The van der Waals surface area contributed by atoms with Gasteiger partial charge in [-0.25, -0.2) is 8.42 Å². The highest BCUT2D eigenvalue weighted by atomic mass is 32.2. The zero-order chi connectivity index (χ0) is 13.9. The third-order valence-corrected chi connectivity index (χ3v) is 3.77. The Balaban J connectivity index is 1.91. The number of pyridine rings is 1. The molecule has 0 unspecified atom stereocenters. The van der Waals surface area contributed by atoms with E-state index in [9.17, 15) is 8.42 Å². The monoisotopic (exact) mass is 285 g/mol. The fraction of sp³-hybridized carbons (Fsp3) is 0.583. The molecule has 0 aromatic carbocycles. The molecule has 0 aliphatic heterocycles. The number of hydrogen-bond donors (Lipinski definition) is 2. The van der Waals surface area contributed by atoms with E-state index in [-0.39, 0.29) is 5.75 Å². The molecule has 1 aliphatic carbocycles. The number of anilines is 2. The van der Waals surface area contributed by atoms with Crippen LogP contribution in [-0.4, -0.2) is 38.6 Å². The standard InChI is InChI=1S/C12H19N3O3S/c1-19(16,17)7-6-14-11-5-4-10(13)12(15-11)18-8-9-2-3-9/h4-5,9H,2-3,6-8,13H2,1H3,(H,14,15). The first-order valence-corrected chi connectivity index (χ1v) is 8.31. The number of hydrogen-bond acceptors (Lipinski definition) is 6. The molecule has 1 heterocycles. The van der Waals surface area contributed by atoms with E-state index >= 15 is 0 Å². The molecule has 6 nitrogen and oxygen atoms in total. The Bertz CT molecular complexity index is 541. The zero-order valence-corrected chi connectivity index (χ0v) is 11.7. The van der Waals surface area contributed by atoms with Crippen molar-refractivity contribution in [3.05, 3.63) is 12.1 Å². The van der Waals surface area contributed by atoms with Gasteiger partial charge in [0.2, 0.25) is 5.88 Å². The Hall–Kier alpha value is -1.50. The summed E-state index contributed by atoms with van der Waals surface area (Å²) >= 11 is 0. The summed E-state index contributed by atoms with van der Waals surface area (Å²) in [6.07, 6.45) is 3.60. The second-order valence-electron chi connectivity index (χ2n) is 4.90. The average molecular weight is 285 g/mol. The third-order valence-electron chi connectivity index (χ3n) is 2.82. The van der Waals surface area contributed by atoms with E-state index in [1.54, 1.807) is 12.1 Å². The highest BCUT2D eigenvalue weighted by Gasteiger charge is 2.22. The third kappa shape index (κ3) is 4.94. The van der Waals surface area contributed by atoms with Gasteiger partial charge < -0.3 is 15.8 Å². The topological polar surface area (TPSA) is 94.3 Å². The molecule has 1 aliphatic rings. The molecule has 0 spiro atoms. The van der Waals surface area contributed by atoms with Crippen molar-refractivity contribution >= 4 is 21.3 Å². The molecule has 106 valence electrons. The minimum absolute atomic E-state index is 0.0668. The average Bonchev–Trinajstić information content (AvgIpc) is 3.12. The van der Waals surface area contributed by atoms with Crippen molar-refractivity contribution in [1.82, 2.24) is 4.98 Å². The van der Waals surface area contributed by atoms with Gasteiger partial charge in [-0.2, -0.15) is 4.98 Å². The lowest BCUT2D eigenvalue weighted by Crippen LogP contribution is -2.15. The molecule has 1 fully saturated rings. The molecule has 0 radical (unpaired) electrons. The van der Waals surface area contributed by atoms with Gasteiger partial charge >= 0.3 is 0 Å². The van der Waals surface area contributed by atoms with Crippen LogP contribution in [0.15, 0.2) is 12.1 Å². The van der Waals surface area contributed by atoms with E-state index in [1.165, 1.54) is 19.1 Å². The smallest absolute Gasteiger partial charge is 0.239 e. The Morgan fingerprint density at radius 3 is 2.84 bits per heavy atom. The largest absolute Gasteiger partial charge is 0.476 e. The second kappa shape index (κ2) is 5.64. The molecule has 2 rings (SSSR count). The summed E-state index contributed by atoms with van der Waals surface area (Å²) in [5.74, 6) is 1.68. The van der Waals surface area contributed by atoms with Crippen LogP contribution in [0.25, 0.3) is 0 Å². The van der Waals surface area contributed by atoms with Gasteiger partial charge in [0.05, 0.1) is 18.0 Å². The first-order chi connectivity index (χ1) is 8.94. The number of nitrogen functional groups attached to an aromatic ring is 1. The molecule has 1 aromatic heterocycles. The van der Waals surface area contributed by atoms with E-state index < -0.39 is 9.84 Å². The van der Waals surface area contributed by atoms with Crippen molar-refractivity contribution in [1.29, 1.82) is 0 Å². The number of rotatable bonds is 7. The Morgan fingerprint density at radius 2 is 2.21 bits per heavy atom. The molecule has 0 amide bonds. The normalized spacial score (nSPS) is 15.2. The molecule has 1 aromatic rings.